The summed E-state index contributed by atoms with van der Waals surface area (Å²) < 4.78 is 5.85. The number of fused-ring (bicyclic) bond motifs is 2. The molecule has 0 unspecified atom stereocenters. The van der Waals surface area contributed by atoms with Crippen LogP contribution in [-0.2, 0) is 0 Å². The van der Waals surface area contributed by atoms with Gasteiger partial charge in [0.25, 0.3) is 0 Å². The lowest BCUT2D eigenvalue weighted by molar-refractivity contribution is 0.474. The van der Waals surface area contributed by atoms with E-state index in [2.05, 4.69) is 19.1 Å². The molecule has 25 heavy (non-hydrogen) atoms. The molecule has 3 heteroatoms. The van der Waals surface area contributed by atoms with Crippen LogP contribution in [0.15, 0.2) is 69.9 Å². The third kappa shape index (κ3) is 3.01. The van der Waals surface area contributed by atoms with E-state index in [4.69, 9.17) is 4.42 Å². The molecule has 0 radical (unpaired) electrons. The van der Waals surface area contributed by atoms with Crippen molar-refractivity contribution in [1.29, 1.82) is 0 Å². The zero-order valence-corrected chi connectivity index (χ0v) is 12.5. The van der Waals surface area contributed by atoms with Gasteiger partial charge in [0.1, 0.15) is 17.1 Å². The van der Waals surface area contributed by atoms with Crippen molar-refractivity contribution >= 4 is 11.0 Å². The Bertz CT molecular complexity index is 1060. The van der Waals surface area contributed by atoms with E-state index in [-0.39, 0.29) is 26.0 Å². The van der Waals surface area contributed by atoms with Crippen LogP contribution < -0.4 is 5.43 Å². The third-order valence-electron chi connectivity index (χ3n) is 4.09. The molecule has 3 nitrogen and oxygen atoms in total. The molecule has 2 aliphatic rings. The van der Waals surface area contributed by atoms with Crippen molar-refractivity contribution in [3.05, 3.63) is 76.5 Å². The van der Waals surface area contributed by atoms with Gasteiger partial charge in [0.05, 0.1) is 0 Å². The Labute approximate surface area is 147 Å². The molecular weight excluding hydrogens is 312 g/mol. The molecular formula is C22H22O3. The van der Waals surface area contributed by atoms with Crippen LogP contribution in [0.2, 0.25) is 0 Å². The highest BCUT2D eigenvalue weighted by Gasteiger charge is 2.18. The number of benzene rings is 3. The third-order valence-corrected chi connectivity index (χ3v) is 4.09. The van der Waals surface area contributed by atoms with Crippen LogP contribution in [0.1, 0.15) is 20.4 Å². The van der Waals surface area contributed by atoms with Crippen molar-refractivity contribution in [2.75, 3.05) is 0 Å². The number of phenols is 1. The van der Waals surface area contributed by atoms with Gasteiger partial charge in [-0.25, -0.2) is 0 Å². The van der Waals surface area contributed by atoms with Gasteiger partial charge in [0.15, 0.2) is 5.43 Å². The highest BCUT2D eigenvalue weighted by molar-refractivity contribution is 6.02. The van der Waals surface area contributed by atoms with E-state index in [1.165, 1.54) is 6.07 Å². The number of hydrogen-bond acceptors (Lipinski definition) is 3. The number of aromatic hydroxyl groups is 1. The number of aryl methyl sites for hydroxylation is 1. The summed E-state index contributed by atoms with van der Waals surface area (Å²) in [6.07, 6.45) is 0. The van der Waals surface area contributed by atoms with E-state index in [9.17, 15) is 9.90 Å². The fraction of sp³-hybridized carbons (Fsp3) is 0.136. The first-order chi connectivity index (χ1) is 11.1. The lowest BCUT2D eigenvalue weighted by Gasteiger charge is -2.16. The van der Waals surface area contributed by atoms with Gasteiger partial charge in [-0.2, -0.15) is 0 Å². The molecule has 0 spiro atoms. The summed E-state index contributed by atoms with van der Waals surface area (Å²) in [5.74, 6) is 0.656. The fourth-order valence-electron chi connectivity index (χ4n) is 3.00. The monoisotopic (exact) mass is 334 g/mol. The summed E-state index contributed by atoms with van der Waals surface area (Å²) >= 11 is 0. The van der Waals surface area contributed by atoms with Gasteiger partial charge >= 0.3 is 0 Å². The predicted molar refractivity (Wildman–Crippen MR) is 104 cm³/mol. The molecule has 0 saturated heterocycles. The number of phenolic OH excluding ortho intramolecular Hbond substituents is 1. The molecule has 0 aromatic heterocycles. The van der Waals surface area contributed by atoms with E-state index in [0.29, 0.717) is 11.3 Å². The quantitative estimate of drug-likeness (QED) is 0.444. The highest BCUT2D eigenvalue weighted by Crippen LogP contribution is 2.41. The molecule has 1 heterocycles. The second-order valence-electron chi connectivity index (χ2n) is 5.63. The van der Waals surface area contributed by atoms with Crippen molar-refractivity contribution in [2.24, 2.45) is 0 Å². The van der Waals surface area contributed by atoms with Crippen molar-refractivity contribution in [3.63, 3.8) is 0 Å². The zero-order valence-electron chi connectivity index (χ0n) is 12.5. The van der Waals surface area contributed by atoms with Gasteiger partial charge in [-0.1, -0.05) is 39.1 Å². The predicted octanol–water partition coefficient (Wildman–Crippen LogP) is 5.85. The Hall–Kier alpha value is -3.07. The zero-order chi connectivity index (χ0) is 16.0. The average Bonchev–Trinajstić information content (AvgIpc) is 2.53. The smallest absolute Gasteiger partial charge is 0.182 e. The maximum Gasteiger partial charge on any atom is 0.182 e. The van der Waals surface area contributed by atoms with Crippen LogP contribution in [0.25, 0.3) is 33.4 Å². The van der Waals surface area contributed by atoms with E-state index in [1.54, 1.807) is 24.3 Å². The van der Waals surface area contributed by atoms with Gasteiger partial charge in [0.2, 0.25) is 0 Å². The standard InChI is InChI=1S/C20H14O3.2CH4/c1-12-4-2-3-5-15(12)20-16-8-6-13(21)10-18(16)23-19-11-14(22)7-9-17(19)20;;/h2-11,21H,1H3;2*1H4. The normalized spacial score (nSPS) is 10.3. The SMILES string of the molecule is C.C.Cc1ccccc1-c1c2ccc(=O)cc-2oc2cc(O)ccc12. The second-order valence-corrected chi connectivity index (χ2v) is 5.63. The molecule has 0 atom stereocenters. The molecule has 0 saturated carbocycles. The lowest BCUT2D eigenvalue weighted by atomic mass is 9.91. The molecule has 2 aromatic rings. The highest BCUT2D eigenvalue weighted by atomic mass is 16.3. The largest absolute Gasteiger partial charge is 0.508 e. The van der Waals surface area contributed by atoms with E-state index in [1.807, 2.05) is 18.2 Å². The first kappa shape index (κ1) is 18.3. The minimum absolute atomic E-state index is 0. The van der Waals surface area contributed by atoms with Crippen LogP contribution in [0, 0.1) is 6.92 Å². The number of hydrogen-bond donors (Lipinski definition) is 1. The molecule has 128 valence electrons. The summed E-state index contributed by atoms with van der Waals surface area (Å²) in [6.45, 7) is 2.06. The van der Waals surface area contributed by atoms with Gasteiger partial charge in [-0.15, -0.1) is 0 Å². The summed E-state index contributed by atoms with van der Waals surface area (Å²) in [5, 5.41) is 10.7. The summed E-state index contributed by atoms with van der Waals surface area (Å²) in [5.41, 5.74) is 4.58. The lowest BCUT2D eigenvalue weighted by Crippen LogP contribution is -2.00. The Morgan fingerprint density at radius 3 is 2.40 bits per heavy atom. The maximum atomic E-state index is 11.7. The first-order valence-electron chi connectivity index (χ1n) is 7.39. The Morgan fingerprint density at radius 2 is 1.64 bits per heavy atom. The molecule has 1 aliphatic heterocycles. The molecule has 4 rings (SSSR count). The average molecular weight is 334 g/mol. The fourth-order valence-corrected chi connectivity index (χ4v) is 3.00. The van der Waals surface area contributed by atoms with Crippen molar-refractivity contribution in [2.45, 2.75) is 21.8 Å². The van der Waals surface area contributed by atoms with Crippen LogP contribution >= 0.6 is 0 Å². The molecule has 0 fully saturated rings. The van der Waals surface area contributed by atoms with Crippen LogP contribution in [0.5, 0.6) is 5.75 Å². The molecule has 0 bridgehead atoms. The Kier molecular flexibility index (Phi) is 4.98. The van der Waals surface area contributed by atoms with Crippen LogP contribution in [-0.4, -0.2) is 5.11 Å². The topological polar surface area (TPSA) is 50.4 Å². The first-order valence-corrected chi connectivity index (χ1v) is 7.39. The molecule has 1 N–H and O–H groups in total. The second kappa shape index (κ2) is 6.81. The minimum Gasteiger partial charge on any atom is -0.508 e. The van der Waals surface area contributed by atoms with E-state index >= 15 is 0 Å². The van der Waals surface area contributed by atoms with Crippen molar-refractivity contribution in [3.8, 4) is 28.2 Å². The van der Waals surface area contributed by atoms with Crippen LogP contribution in [0.4, 0.5) is 0 Å². The van der Waals surface area contributed by atoms with Crippen molar-refractivity contribution in [1.82, 2.24) is 0 Å². The molecule has 0 amide bonds. The summed E-state index contributed by atoms with van der Waals surface area (Å²) in [4.78, 5) is 11.7. The van der Waals surface area contributed by atoms with Crippen LogP contribution in [0.3, 0.4) is 0 Å². The van der Waals surface area contributed by atoms with Gasteiger partial charge in [-0.05, 0) is 42.3 Å². The molecule has 1 aliphatic carbocycles. The summed E-state index contributed by atoms with van der Waals surface area (Å²) in [7, 11) is 0. The van der Waals surface area contributed by atoms with E-state index in [0.717, 1.165) is 27.6 Å². The summed E-state index contributed by atoms with van der Waals surface area (Å²) in [6, 6.07) is 18.0. The van der Waals surface area contributed by atoms with E-state index < -0.39 is 0 Å². The van der Waals surface area contributed by atoms with Crippen molar-refractivity contribution < 1.29 is 9.52 Å². The Morgan fingerprint density at radius 1 is 0.880 bits per heavy atom. The molecule has 2 aromatic carbocycles. The number of rotatable bonds is 1. The van der Waals surface area contributed by atoms with Gasteiger partial charge in [-0.3, -0.25) is 4.79 Å². The van der Waals surface area contributed by atoms with Gasteiger partial charge in [0, 0.05) is 28.6 Å². The Balaban J connectivity index is 0.00000113. The maximum absolute atomic E-state index is 11.7. The van der Waals surface area contributed by atoms with Gasteiger partial charge < -0.3 is 9.52 Å². The minimum atomic E-state index is -0.100.